The molecule has 1 aliphatic carbocycles. The number of carbonyl (C=O) groups is 1. The second-order valence-electron chi connectivity index (χ2n) is 8.25. The Labute approximate surface area is 182 Å². The highest BCUT2D eigenvalue weighted by atomic mass is 16.1. The van der Waals surface area contributed by atoms with Crippen molar-refractivity contribution in [3.8, 4) is 28.1 Å². The fraction of sp³-hybridized carbons (Fsp3) is 0.185. The summed E-state index contributed by atoms with van der Waals surface area (Å²) in [5, 5.41) is 7.70. The first-order chi connectivity index (χ1) is 15.2. The molecule has 0 saturated heterocycles. The standard InChI is InChI=1S/C27H25N3O/c1-19-6-5-9-24(16-19)30-26(25(18-29-30)27(31)28-17-20-10-11-20)23-14-12-22(13-15-23)21-7-3-2-4-8-21/h2-9,12-16,18,20H,10-11,17H2,1H3,(H,28,31). The number of carbonyl (C=O) groups excluding carboxylic acids is 1. The molecule has 31 heavy (non-hydrogen) atoms. The van der Waals surface area contributed by atoms with Crippen LogP contribution in [-0.2, 0) is 0 Å². The molecule has 1 heterocycles. The summed E-state index contributed by atoms with van der Waals surface area (Å²) in [6.07, 6.45) is 4.10. The van der Waals surface area contributed by atoms with Crippen LogP contribution in [0.1, 0.15) is 28.8 Å². The molecule has 0 atom stereocenters. The van der Waals surface area contributed by atoms with E-state index >= 15 is 0 Å². The molecule has 0 spiro atoms. The van der Waals surface area contributed by atoms with Gasteiger partial charge in [-0.25, -0.2) is 4.68 Å². The van der Waals surface area contributed by atoms with Crippen LogP contribution in [0.2, 0.25) is 0 Å². The molecule has 4 heteroatoms. The Hall–Kier alpha value is -3.66. The lowest BCUT2D eigenvalue weighted by Crippen LogP contribution is -2.25. The summed E-state index contributed by atoms with van der Waals surface area (Å²) < 4.78 is 1.87. The summed E-state index contributed by atoms with van der Waals surface area (Å²) >= 11 is 0. The molecule has 0 bridgehead atoms. The van der Waals surface area contributed by atoms with Crippen molar-refractivity contribution < 1.29 is 4.79 Å². The molecule has 0 radical (unpaired) electrons. The molecule has 3 aromatic carbocycles. The minimum Gasteiger partial charge on any atom is -0.352 e. The van der Waals surface area contributed by atoms with Gasteiger partial charge in [-0.1, -0.05) is 66.7 Å². The van der Waals surface area contributed by atoms with E-state index in [1.807, 2.05) is 35.0 Å². The van der Waals surface area contributed by atoms with Gasteiger partial charge in [0.2, 0.25) is 0 Å². The average Bonchev–Trinajstić information content (AvgIpc) is 3.54. The Morgan fingerprint density at radius 2 is 1.65 bits per heavy atom. The lowest BCUT2D eigenvalue weighted by molar-refractivity contribution is 0.0952. The van der Waals surface area contributed by atoms with E-state index in [0.29, 0.717) is 11.5 Å². The minimum absolute atomic E-state index is 0.0621. The number of nitrogens with zero attached hydrogens (tertiary/aromatic N) is 2. The van der Waals surface area contributed by atoms with Crippen LogP contribution in [0.5, 0.6) is 0 Å². The second kappa shape index (κ2) is 8.23. The maximum absolute atomic E-state index is 13.0. The van der Waals surface area contributed by atoms with E-state index in [1.165, 1.54) is 18.4 Å². The number of nitrogens with one attached hydrogen (secondary N) is 1. The minimum atomic E-state index is -0.0621. The number of hydrogen-bond donors (Lipinski definition) is 1. The second-order valence-corrected chi connectivity index (χ2v) is 8.25. The van der Waals surface area contributed by atoms with Crippen molar-refractivity contribution in [2.24, 2.45) is 5.92 Å². The smallest absolute Gasteiger partial charge is 0.255 e. The van der Waals surface area contributed by atoms with Gasteiger partial charge in [0.25, 0.3) is 5.91 Å². The molecule has 4 aromatic rings. The molecule has 0 unspecified atom stereocenters. The van der Waals surface area contributed by atoms with Crippen LogP contribution in [0.4, 0.5) is 0 Å². The van der Waals surface area contributed by atoms with Crippen molar-refractivity contribution in [3.63, 3.8) is 0 Å². The van der Waals surface area contributed by atoms with Gasteiger partial charge >= 0.3 is 0 Å². The van der Waals surface area contributed by atoms with Gasteiger partial charge in [0.15, 0.2) is 0 Å². The van der Waals surface area contributed by atoms with E-state index < -0.39 is 0 Å². The Morgan fingerprint density at radius 1 is 0.935 bits per heavy atom. The number of aryl methyl sites for hydroxylation is 1. The fourth-order valence-corrected chi connectivity index (χ4v) is 3.85. The third-order valence-electron chi connectivity index (χ3n) is 5.77. The summed E-state index contributed by atoms with van der Waals surface area (Å²) in [4.78, 5) is 13.0. The van der Waals surface area contributed by atoms with E-state index in [4.69, 9.17) is 0 Å². The zero-order chi connectivity index (χ0) is 21.2. The zero-order valence-electron chi connectivity index (χ0n) is 17.6. The predicted molar refractivity (Wildman–Crippen MR) is 124 cm³/mol. The number of aromatic nitrogens is 2. The fourth-order valence-electron chi connectivity index (χ4n) is 3.85. The molecule has 0 aliphatic heterocycles. The molecule has 1 aliphatic rings. The summed E-state index contributed by atoms with van der Waals surface area (Å²) in [6.45, 7) is 2.80. The van der Waals surface area contributed by atoms with Gasteiger partial charge in [0.1, 0.15) is 0 Å². The van der Waals surface area contributed by atoms with Crippen LogP contribution in [-0.4, -0.2) is 22.2 Å². The van der Waals surface area contributed by atoms with E-state index in [-0.39, 0.29) is 5.91 Å². The van der Waals surface area contributed by atoms with E-state index in [9.17, 15) is 4.79 Å². The van der Waals surface area contributed by atoms with Gasteiger partial charge in [0, 0.05) is 12.1 Å². The Balaban J connectivity index is 1.56. The lowest BCUT2D eigenvalue weighted by Gasteiger charge is -2.12. The lowest BCUT2D eigenvalue weighted by atomic mass is 10.0. The predicted octanol–water partition coefficient (Wildman–Crippen LogP) is 5.65. The quantitative estimate of drug-likeness (QED) is 0.449. The number of benzene rings is 3. The first-order valence-corrected chi connectivity index (χ1v) is 10.8. The van der Waals surface area contributed by atoms with Crippen molar-refractivity contribution in [1.82, 2.24) is 15.1 Å². The summed E-state index contributed by atoms with van der Waals surface area (Å²) in [7, 11) is 0. The highest BCUT2D eigenvalue weighted by molar-refractivity contribution is 6.00. The zero-order valence-corrected chi connectivity index (χ0v) is 17.6. The van der Waals surface area contributed by atoms with Crippen LogP contribution < -0.4 is 5.32 Å². The normalized spacial score (nSPS) is 13.2. The van der Waals surface area contributed by atoms with Crippen LogP contribution in [0.15, 0.2) is 85.1 Å². The first-order valence-electron chi connectivity index (χ1n) is 10.8. The molecule has 4 nitrogen and oxygen atoms in total. The molecule has 5 rings (SSSR count). The molecule has 1 aromatic heterocycles. The van der Waals surface area contributed by atoms with Crippen LogP contribution in [0.25, 0.3) is 28.1 Å². The summed E-state index contributed by atoms with van der Waals surface area (Å²) in [5.74, 6) is 0.567. The largest absolute Gasteiger partial charge is 0.352 e. The van der Waals surface area contributed by atoms with Gasteiger partial charge < -0.3 is 5.32 Å². The number of hydrogen-bond acceptors (Lipinski definition) is 2. The van der Waals surface area contributed by atoms with Gasteiger partial charge in [-0.15, -0.1) is 0 Å². The van der Waals surface area contributed by atoms with E-state index in [1.54, 1.807) is 6.20 Å². The van der Waals surface area contributed by atoms with E-state index in [2.05, 4.69) is 65.9 Å². The Bertz CT molecular complexity index is 1200. The highest BCUT2D eigenvalue weighted by Gasteiger charge is 2.24. The number of amides is 1. The maximum Gasteiger partial charge on any atom is 0.255 e. The topological polar surface area (TPSA) is 46.9 Å². The first kappa shape index (κ1) is 19.3. The summed E-state index contributed by atoms with van der Waals surface area (Å²) in [5.41, 5.74) is 6.80. The van der Waals surface area contributed by atoms with E-state index in [0.717, 1.165) is 34.6 Å². The van der Waals surface area contributed by atoms with Crippen molar-refractivity contribution in [1.29, 1.82) is 0 Å². The van der Waals surface area contributed by atoms with Gasteiger partial charge in [0.05, 0.1) is 23.1 Å². The third kappa shape index (κ3) is 4.15. The Morgan fingerprint density at radius 3 is 2.35 bits per heavy atom. The number of rotatable bonds is 6. The monoisotopic (exact) mass is 407 g/mol. The Kier molecular flexibility index (Phi) is 5.13. The van der Waals surface area contributed by atoms with Crippen molar-refractivity contribution in [3.05, 3.63) is 96.2 Å². The van der Waals surface area contributed by atoms with Crippen LogP contribution in [0, 0.1) is 12.8 Å². The van der Waals surface area contributed by atoms with Crippen LogP contribution >= 0.6 is 0 Å². The van der Waals surface area contributed by atoms with Gasteiger partial charge in [-0.3, -0.25) is 4.79 Å². The molecule has 1 amide bonds. The van der Waals surface area contributed by atoms with Gasteiger partial charge in [-0.05, 0) is 54.5 Å². The molecule has 1 saturated carbocycles. The van der Waals surface area contributed by atoms with Crippen molar-refractivity contribution in [2.75, 3.05) is 6.54 Å². The average molecular weight is 408 g/mol. The maximum atomic E-state index is 13.0. The van der Waals surface area contributed by atoms with Gasteiger partial charge in [-0.2, -0.15) is 5.10 Å². The molecule has 1 fully saturated rings. The SMILES string of the molecule is Cc1cccc(-n2ncc(C(=O)NCC3CC3)c2-c2ccc(-c3ccccc3)cc2)c1. The summed E-state index contributed by atoms with van der Waals surface area (Å²) in [6, 6.07) is 26.8. The molecule has 1 N–H and O–H groups in total. The highest BCUT2D eigenvalue weighted by Crippen LogP contribution is 2.31. The van der Waals surface area contributed by atoms with Crippen molar-refractivity contribution >= 4 is 5.91 Å². The molecule has 154 valence electrons. The molecular formula is C27H25N3O. The van der Waals surface area contributed by atoms with Crippen molar-refractivity contribution in [2.45, 2.75) is 19.8 Å². The van der Waals surface area contributed by atoms with Crippen LogP contribution in [0.3, 0.4) is 0 Å². The molecular weight excluding hydrogens is 382 g/mol. The third-order valence-corrected chi connectivity index (χ3v) is 5.77.